The maximum atomic E-state index is 13.6. The molecule has 1 amide bonds. The Balaban J connectivity index is 1.73. The number of benzene rings is 3. The minimum absolute atomic E-state index is 0.128. The third kappa shape index (κ3) is 3.44. The van der Waals surface area contributed by atoms with E-state index in [1.54, 1.807) is 43.5 Å². The van der Waals surface area contributed by atoms with Gasteiger partial charge < -0.3 is 9.15 Å². The van der Waals surface area contributed by atoms with Gasteiger partial charge >= 0.3 is 0 Å². The van der Waals surface area contributed by atoms with Crippen LogP contribution in [0.25, 0.3) is 31.5 Å². The van der Waals surface area contributed by atoms with Gasteiger partial charge in [-0.2, -0.15) is 0 Å². The molecule has 0 aliphatic rings. The zero-order chi connectivity index (χ0) is 22.2. The largest absolute Gasteiger partial charge is 0.497 e. The highest BCUT2D eigenvalue weighted by Crippen LogP contribution is 2.37. The van der Waals surface area contributed by atoms with Crippen molar-refractivity contribution in [2.75, 3.05) is 12.4 Å². The van der Waals surface area contributed by atoms with Gasteiger partial charge in [0.05, 0.1) is 12.7 Å². The number of carbonyl (C=O) groups excluding carboxylic acids is 1. The van der Waals surface area contributed by atoms with E-state index in [9.17, 15) is 9.59 Å². The molecular weight excluding hydrogens is 422 g/mol. The Bertz CT molecular complexity index is 1530. The number of amides is 1. The lowest BCUT2D eigenvalue weighted by molar-refractivity contribution is 0.102. The van der Waals surface area contributed by atoms with Crippen molar-refractivity contribution in [1.82, 2.24) is 0 Å². The van der Waals surface area contributed by atoms with Crippen molar-refractivity contribution in [2.24, 2.45) is 0 Å². The van der Waals surface area contributed by atoms with Crippen LogP contribution in [-0.2, 0) is 0 Å². The molecule has 0 unspecified atom stereocenters. The van der Waals surface area contributed by atoms with Crippen molar-refractivity contribution in [3.8, 4) is 16.9 Å². The first-order valence-corrected chi connectivity index (χ1v) is 10.9. The van der Waals surface area contributed by atoms with Gasteiger partial charge in [0.25, 0.3) is 5.91 Å². The summed E-state index contributed by atoms with van der Waals surface area (Å²) in [5.41, 5.74) is 2.70. The number of anilines is 1. The van der Waals surface area contributed by atoms with Crippen LogP contribution in [0.5, 0.6) is 5.75 Å². The van der Waals surface area contributed by atoms with Crippen LogP contribution < -0.4 is 15.5 Å². The first kappa shape index (κ1) is 20.0. The summed E-state index contributed by atoms with van der Waals surface area (Å²) >= 11 is 1.39. The van der Waals surface area contributed by atoms with E-state index in [0.717, 1.165) is 15.6 Å². The Morgan fingerprint density at radius 3 is 2.53 bits per heavy atom. The van der Waals surface area contributed by atoms with E-state index < -0.39 is 0 Å². The summed E-state index contributed by atoms with van der Waals surface area (Å²) in [6.45, 7) is 1.92. The number of hydrogen-bond donors (Lipinski definition) is 1. The molecule has 0 saturated carbocycles. The number of ether oxygens (including phenoxy) is 1. The molecule has 0 atom stereocenters. The Morgan fingerprint density at radius 1 is 1.00 bits per heavy atom. The molecule has 0 bridgehead atoms. The van der Waals surface area contributed by atoms with Gasteiger partial charge in [0.15, 0.2) is 5.58 Å². The highest BCUT2D eigenvalue weighted by atomic mass is 32.1. The summed E-state index contributed by atoms with van der Waals surface area (Å²) < 4.78 is 12.9. The zero-order valence-electron chi connectivity index (χ0n) is 17.5. The summed E-state index contributed by atoms with van der Waals surface area (Å²) in [5.74, 6) is 0.458. The number of carbonyl (C=O) groups is 1. The van der Waals surface area contributed by atoms with Crippen LogP contribution in [0.15, 0.2) is 82.0 Å². The Labute approximate surface area is 187 Å². The topological polar surface area (TPSA) is 68.5 Å². The van der Waals surface area contributed by atoms with Crippen LogP contribution in [0.2, 0.25) is 0 Å². The molecule has 0 spiro atoms. The number of nitrogens with one attached hydrogen (secondary N) is 1. The Hall–Kier alpha value is -3.90. The predicted molar refractivity (Wildman–Crippen MR) is 129 cm³/mol. The summed E-state index contributed by atoms with van der Waals surface area (Å²) in [6.07, 6.45) is 0. The molecule has 32 heavy (non-hydrogen) atoms. The zero-order valence-corrected chi connectivity index (χ0v) is 18.3. The first-order chi connectivity index (χ1) is 15.5. The molecule has 0 radical (unpaired) electrons. The van der Waals surface area contributed by atoms with Crippen LogP contribution >= 0.6 is 11.3 Å². The SMILES string of the molecule is COc1ccc(-c2c(NC(=O)c3cccc(C)c3)oc3c(sc4ccccc43)c2=O)cc1. The van der Waals surface area contributed by atoms with Gasteiger partial charge in [0.2, 0.25) is 11.3 Å². The molecule has 3 aromatic carbocycles. The van der Waals surface area contributed by atoms with Crippen molar-refractivity contribution < 1.29 is 13.9 Å². The number of hydrogen-bond acceptors (Lipinski definition) is 5. The summed E-state index contributed by atoms with van der Waals surface area (Å²) in [7, 11) is 1.58. The van der Waals surface area contributed by atoms with Crippen LogP contribution in [0, 0.1) is 6.92 Å². The van der Waals surface area contributed by atoms with Crippen LogP contribution in [0.3, 0.4) is 0 Å². The molecular formula is C26H19NO4S. The van der Waals surface area contributed by atoms with Crippen molar-refractivity contribution in [3.63, 3.8) is 0 Å². The van der Waals surface area contributed by atoms with Gasteiger partial charge in [0, 0.05) is 15.6 Å². The van der Waals surface area contributed by atoms with E-state index in [2.05, 4.69) is 5.32 Å². The molecule has 2 aromatic heterocycles. The van der Waals surface area contributed by atoms with Gasteiger partial charge in [-0.25, -0.2) is 0 Å². The van der Waals surface area contributed by atoms with E-state index in [1.807, 2.05) is 43.3 Å². The smallest absolute Gasteiger partial charge is 0.258 e. The minimum atomic E-state index is -0.342. The molecule has 158 valence electrons. The maximum absolute atomic E-state index is 13.6. The molecule has 0 saturated heterocycles. The maximum Gasteiger partial charge on any atom is 0.258 e. The third-order valence-corrected chi connectivity index (χ3v) is 6.45. The van der Waals surface area contributed by atoms with Crippen LogP contribution in [0.1, 0.15) is 15.9 Å². The molecule has 0 fully saturated rings. The number of thiophene rings is 1. The lowest BCUT2D eigenvalue weighted by atomic mass is 10.1. The predicted octanol–water partition coefficient (Wildman–Crippen LogP) is 6.24. The van der Waals surface area contributed by atoms with E-state index in [1.165, 1.54) is 11.3 Å². The molecule has 0 aliphatic carbocycles. The van der Waals surface area contributed by atoms with Crippen LogP contribution in [-0.4, -0.2) is 13.0 Å². The summed E-state index contributed by atoms with van der Waals surface area (Å²) in [4.78, 5) is 26.6. The molecule has 2 heterocycles. The highest BCUT2D eigenvalue weighted by molar-refractivity contribution is 7.25. The van der Waals surface area contributed by atoms with Gasteiger partial charge in [0.1, 0.15) is 10.4 Å². The molecule has 1 N–H and O–H groups in total. The van der Waals surface area contributed by atoms with Gasteiger partial charge in [-0.1, -0.05) is 42.0 Å². The quantitative estimate of drug-likeness (QED) is 0.358. The van der Waals surface area contributed by atoms with E-state index >= 15 is 0 Å². The van der Waals surface area contributed by atoms with Crippen molar-refractivity contribution >= 4 is 43.5 Å². The Kier molecular flexibility index (Phi) is 4.99. The number of fused-ring (bicyclic) bond motifs is 3. The Morgan fingerprint density at radius 2 is 1.78 bits per heavy atom. The van der Waals surface area contributed by atoms with E-state index in [0.29, 0.717) is 32.7 Å². The summed E-state index contributed by atoms with van der Waals surface area (Å²) in [6, 6.07) is 22.1. The number of methoxy groups -OCH3 is 1. The number of rotatable bonds is 4. The van der Waals surface area contributed by atoms with E-state index in [4.69, 9.17) is 9.15 Å². The molecule has 0 aliphatic heterocycles. The highest BCUT2D eigenvalue weighted by Gasteiger charge is 2.22. The van der Waals surface area contributed by atoms with Crippen molar-refractivity contribution in [3.05, 3.63) is 94.1 Å². The molecule has 6 heteroatoms. The average Bonchev–Trinajstić information content (AvgIpc) is 3.18. The standard InChI is InChI=1S/C26H19NO4S/c1-15-6-5-7-17(14-15)25(29)27-26-21(16-10-12-18(30-2)13-11-16)22(28)24-23(31-26)19-8-3-4-9-20(19)32-24/h3-14H,1-2H3,(H,27,29). The van der Waals surface area contributed by atoms with Crippen LogP contribution in [0.4, 0.5) is 5.88 Å². The number of aryl methyl sites for hydroxylation is 1. The fourth-order valence-electron chi connectivity index (χ4n) is 3.71. The van der Waals surface area contributed by atoms with Gasteiger partial charge in [-0.3, -0.25) is 14.9 Å². The lowest BCUT2D eigenvalue weighted by Gasteiger charge is -2.11. The van der Waals surface area contributed by atoms with Crippen molar-refractivity contribution in [2.45, 2.75) is 6.92 Å². The molecule has 5 rings (SSSR count). The second kappa shape index (κ2) is 7.98. The average molecular weight is 442 g/mol. The normalized spacial score (nSPS) is 11.1. The second-order valence-electron chi connectivity index (χ2n) is 7.44. The van der Waals surface area contributed by atoms with E-state index in [-0.39, 0.29) is 17.2 Å². The van der Waals surface area contributed by atoms with Crippen molar-refractivity contribution in [1.29, 1.82) is 0 Å². The minimum Gasteiger partial charge on any atom is -0.497 e. The fourth-order valence-corrected chi connectivity index (χ4v) is 4.79. The monoisotopic (exact) mass is 441 g/mol. The fraction of sp³-hybridized carbons (Fsp3) is 0.0769. The summed E-state index contributed by atoms with van der Waals surface area (Å²) in [5, 5.41) is 3.68. The third-order valence-electron chi connectivity index (χ3n) is 5.30. The first-order valence-electron chi connectivity index (χ1n) is 10.1. The van der Waals surface area contributed by atoms with Gasteiger partial charge in [-0.05, 0) is 48.9 Å². The van der Waals surface area contributed by atoms with Gasteiger partial charge in [-0.15, -0.1) is 11.3 Å². The lowest BCUT2D eigenvalue weighted by Crippen LogP contribution is -2.16. The molecule has 5 nitrogen and oxygen atoms in total. The second-order valence-corrected chi connectivity index (χ2v) is 8.50. The molecule has 5 aromatic rings.